The molecule has 1 aromatic rings. The van der Waals surface area contributed by atoms with Crippen LogP contribution in [0.25, 0.3) is 0 Å². The lowest BCUT2D eigenvalue weighted by Gasteiger charge is -2.31. The van der Waals surface area contributed by atoms with E-state index in [2.05, 4.69) is 5.32 Å². The van der Waals surface area contributed by atoms with Gasteiger partial charge in [0, 0.05) is 6.54 Å². The van der Waals surface area contributed by atoms with E-state index in [9.17, 15) is 18.7 Å². The summed E-state index contributed by atoms with van der Waals surface area (Å²) in [4.78, 5) is 11.8. The normalized spacial score (nSPS) is 18.1. The zero-order chi connectivity index (χ0) is 13.9. The van der Waals surface area contributed by atoms with Gasteiger partial charge in [0.25, 0.3) is 5.91 Å². The number of thioether (sulfide) groups is 1. The molecule has 19 heavy (non-hydrogen) atoms. The summed E-state index contributed by atoms with van der Waals surface area (Å²) in [5, 5.41) is 12.7. The number of hydrogen-bond acceptors (Lipinski definition) is 3. The predicted molar refractivity (Wildman–Crippen MR) is 70.2 cm³/mol. The second kappa shape index (κ2) is 5.88. The molecular weight excluding hydrogens is 272 g/mol. The van der Waals surface area contributed by atoms with Gasteiger partial charge >= 0.3 is 0 Å². The second-order valence-corrected chi connectivity index (χ2v) is 5.87. The summed E-state index contributed by atoms with van der Waals surface area (Å²) in [6.07, 6.45) is 1.17. The van der Waals surface area contributed by atoms with E-state index in [0.29, 0.717) is 12.8 Å². The monoisotopic (exact) mass is 287 g/mol. The smallest absolute Gasteiger partial charge is 0.254 e. The Balaban J connectivity index is 1.99. The first-order valence-corrected chi connectivity index (χ1v) is 7.19. The first-order valence-electron chi connectivity index (χ1n) is 6.04. The van der Waals surface area contributed by atoms with Crippen LogP contribution in [0.1, 0.15) is 23.2 Å². The van der Waals surface area contributed by atoms with Crippen LogP contribution in [0.15, 0.2) is 18.2 Å². The van der Waals surface area contributed by atoms with Crippen LogP contribution in [0.2, 0.25) is 0 Å². The zero-order valence-corrected chi connectivity index (χ0v) is 11.1. The van der Waals surface area contributed by atoms with Crippen LogP contribution >= 0.6 is 11.8 Å². The van der Waals surface area contributed by atoms with Crippen molar-refractivity contribution in [1.82, 2.24) is 5.32 Å². The Kier molecular flexibility index (Phi) is 4.42. The molecule has 0 atom stereocenters. The van der Waals surface area contributed by atoms with E-state index in [-0.39, 0.29) is 12.1 Å². The average Bonchev–Trinajstić information content (AvgIpc) is 2.40. The van der Waals surface area contributed by atoms with Gasteiger partial charge in [-0.25, -0.2) is 8.78 Å². The first-order chi connectivity index (χ1) is 9.00. The fourth-order valence-electron chi connectivity index (χ4n) is 1.94. The number of halogens is 2. The van der Waals surface area contributed by atoms with E-state index in [1.807, 2.05) is 0 Å². The Morgan fingerprint density at radius 2 is 2.05 bits per heavy atom. The SMILES string of the molecule is O=C(NCC1(O)CCSCC1)c1cc(F)ccc1F. The molecule has 3 nitrogen and oxygen atoms in total. The lowest BCUT2D eigenvalue weighted by Crippen LogP contribution is -2.45. The van der Waals surface area contributed by atoms with Crippen LogP contribution in [0, 0.1) is 11.6 Å². The van der Waals surface area contributed by atoms with E-state index < -0.39 is 23.1 Å². The van der Waals surface area contributed by atoms with E-state index in [1.165, 1.54) is 0 Å². The standard InChI is InChI=1S/C13H15F2NO2S/c14-9-1-2-11(15)10(7-9)12(17)16-8-13(18)3-5-19-6-4-13/h1-2,7,18H,3-6,8H2,(H,16,17). The first kappa shape index (κ1) is 14.3. The number of amides is 1. The van der Waals surface area contributed by atoms with Crippen molar-refractivity contribution in [3.8, 4) is 0 Å². The summed E-state index contributed by atoms with van der Waals surface area (Å²) in [6.45, 7) is 0.0579. The maximum atomic E-state index is 13.4. The molecule has 104 valence electrons. The van der Waals surface area contributed by atoms with Gasteiger partial charge in [0.15, 0.2) is 0 Å². The third-order valence-corrected chi connectivity index (χ3v) is 4.16. The molecule has 1 saturated heterocycles. The Labute approximate surface area is 114 Å². The van der Waals surface area contributed by atoms with Crippen molar-refractivity contribution in [2.75, 3.05) is 18.1 Å². The molecule has 0 saturated carbocycles. The van der Waals surface area contributed by atoms with Gasteiger partial charge in [-0.2, -0.15) is 11.8 Å². The molecule has 0 spiro atoms. The quantitative estimate of drug-likeness (QED) is 0.893. The summed E-state index contributed by atoms with van der Waals surface area (Å²) in [6, 6.07) is 2.72. The van der Waals surface area contributed by atoms with Crippen LogP contribution < -0.4 is 5.32 Å². The number of carbonyl (C=O) groups is 1. The number of hydrogen-bond donors (Lipinski definition) is 2. The molecule has 0 radical (unpaired) electrons. The van der Waals surface area contributed by atoms with Crippen molar-refractivity contribution < 1.29 is 18.7 Å². The van der Waals surface area contributed by atoms with Crippen molar-refractivity contribution in [2.45, 2.75) is 18.4 Å². The van der Waals surface area contributed by atoms with Gasteiger partial charge in [0.1, 0.15) is 11.6 Å². The molecule has 2 N–H and O–H groups in total. The maximum absolute atomic E-state index is 13.4. The predicted octanol–water partition coefficient (Wildman–Crippen LogP) is 1.95. The summed E-state index contributed by atoms with van der Waals surface area (Å²) < 4.78 is 26.4. The number of rotatable bonds is 3. The summed E-state index contributed by atoms with van der Waals surface area (Å²) in [7, 11) is 0. The summed E-state index contributed by atoms with van der Waals surface area (Å²) >= 11 is 1.75. The van der Waals surface area contributed by atoms with Crippen molar-refractivity contribution >= 4 is 17.7 Å². The molecule has 0 bridgehead atoms. The van der Waals surface area contributed by atoms with Crippen molar-refractivity contribution in [3.05, 3.63) is 35.4 Å². The highest BCUT2D eigenvalue weighted by molar-refractivity contribution is 7.99. The van der Waals surface area contributed by atoms with Crippen LogP contribution in [0.3, 0.4) is 0 Å². The summed E-state index contributed by atoms with van der Waals surface area (Å²) in [5.41, 5.74) is -1.28. The molecule has 0 aliphatic carbocycles. The van der Waals surface area contributed by atoms with E-state index in [0.717, 1.165) is 29.7 Å². The molecule has 1 fully saturated rings. The fourth-order valence-corrected chi connectivity index (χ4v) is 3.19. The topological polar surface area (TPSA) is 49.3 Å². The molecule has 1 aromatic carbocycles. The molecule has 1 amide bonds. The van der Waals surface area contributed by atoms with Gasteiger partial charge in [-0.1, -0.05) is 0 Å². The van der Waals surface area contributed by atoms with Gasteiger partial charge in [0.05, 0.1) is 11.2 Å². The van der Waals surface area contributed by atoms with E-state index >= 15 is 0 Å². The number of carbonyl (C=O) groups excluding carboxylic acids is 1. The van der Waals surface area contributed by atoms with Crippen LogP contribution in [0.5, 0.6) is 0 Å². The van der Waals surface area contributed by atoms with Crippen molar-refractivity contribution in [2.24, 2.45) is 0 Å². The van der Waals surface area contributed by atoms with Crippen LogP contribution in [-0.4, -0.2) is 34.7 Å². The molecule has 1 aliphatic rings. The fraction of sp³-hybridized carbons (Fsp3) is 0.462. The van der Waals surface area contributed by atoms with Crippen LogP contribution in [0.4, 0.5) is 8.78 Å². The Hall–Kier alpha value is -1.14. The highest BCUT2D eigenvalue weighted by atomic mass is 32.2. The van der Waals surface area contributed by atoms with Crippen molar-refractivity contribution in [3.63, 3.8) is 0 Å². The molecule has 0 aromatic heterocycles. The third-order valence-electron chi connectivity index (χ3n) is 3.17. The zero-order valence-electron chi connectivity index (χ0n) is 10.3. The van der Waals surface area contributed by atoms with Gasteiger partial charge in [-0.15, -0.1) is 0 Å². The van der Waals surface area contributed by atoms with E-state index in [1.54, 1.807) is 11.8 Å². The molecular formula is C13H15F2NO2S. The number of aliphatic hydroxyl groups is 1. The Morgan fingerprint density at radius 3 is 2.74 bits per heavy atom. The van der Waals surface area contributed by atoms with Gasteiger partial charge < -0.3 is 10.4 Å². The lowest BCUT2D eigenvalue weighted by atomic mass is 9.97. The largest absolute Gasteiger partial charge is 0.388 e. The molecule has 1 heterocycles. The minimum Gasteiger partial charge on any atom is -0.388 e. The highest BCUT2D eigenvalue weighted by Crippen LogP contribution is 2.26. The Bertz CT molecular complexity index is 476. The van der Waals surface area contributed by atoms with Gasteiger partial charge in [0.2, 0.25) is 0 Å². The number of benzene rings is 1. The minimum atomic E-state index is -0.940. The van der Waals surface area contributed by atoms with Crippen molar-refractivity contribution in [1.29, 1.82) is 0 Å². The minimum absolute atomic E-state index is 0.0579. The molecule has 6 heteroatoms. The third kappa shape index (κ3) is 3.67. The summed E-state index contributed by atoms with van der Waals surface area (Å²) in [5.74, 6) is -0.477. The van der Waals surface area contributed by atoms with Gasteiger partial charge in [-0.3, -0.25) is 4.79 Å². The highest BCUT2D eigenvalue weighted by Gasteiger charge is 2.30. The number of nitrogens with one attached hydrogen (secondary N) is 1. The molecule has 0 unspecified atom stereocenters. The maximum Gasteiger partial charge on any atom is 0.254 e. The molecule has 1 aliphatic heterocycles. The van der Waals surface area contributed by atoms with Gasteiger partial charge in [-0.05, 0) is 42.5 Å². The average molecular weight is 287 g/mol. The van der Waals surface area contributed by atoms with E-state index in [4.69, 9.17) is 0 Å². The second-order valence-electron chi connectivity index (χ2n) is 4.64. The van der Waals surface area contributed by atoms with Crippen LogP contribution in [-0.2, 0) is 0 Å². The molecule has 2 rings (SSSR count). The Morgan fingerprint density at radius 1 is 1.37 bits per heavy atom. The lowest BCUT2D eigenvalue weighted by molar-refractivity contribution is 0.0310.